The molecule has 1 aromatic heterocycles. The van der Waals surface area contributed by atoms with Crippen molar-refractivity contribution in [1.82, 2.24) is 9.97 Å². The highest BCUT2D eigenvalue weighted by Gasteiger charge is 2.25. The molecule has 0 saturated heterocycles. The molecule has 18 heavy (non-hydrogen) atoms. The molecule has 2 heterocycles. The van der Waals surface area contributed by atoms with E-state index in [9.17, 15) is 0 Å². The van der Waals surface area contributed by atoms with Crippen LogP contribution in [0.3, 0.4) is 0 Å². The molecule has 1 atom stereocenters. The lowest BCUT2D eigenvalue weighted by atomic mass is 10.1. The van der Waals surface area contributed by atoms with Crippen molar-refractivity contribution >= 4 is 11.5 Å². The van der Waals surface area contributed by atoms with E-state index in [2.05, 4.69) is 46.1 Å². The van der Waals surface area contributed by atoms with Gasteiger partial charge in [-0.15, -0.1) is 0 Å². The summed E-state index contributed by atoms with van der Waals surface area (Å²) in [6.07, 6.45) is 4.46. The molecule has 0 aliphatic carbocycles. The monoisotopic (exact) mass is 240 g/mol. The van der Waals surface area contributed by atoms with Gasteiger partial charge in [-0.1, -0.05) is 18.2 Å². The molecule has 0 fully saturated rings. The number of nitrogens with zero attached hydrogens (tertiary/aromatic N) is 3. The van der Waals surface area contributed by atoms with Crippen molar-refractivity contribution in [2.45, 2.75) is 25.9 Å². The Hall–Kier alpha value is -2.10. The highest BCUT2D eigenvalue weighted by Crippen LogP contribution is 2.32. The van der Waals surface area contributed by atoms with Gasteiger partial charge >= 0.3 is 0 Å². The number of hydrogen-bond acceptors (Lipinski definition) is 4. The zero-order chi connectivity index (χ0) is 12.5. The van der Waals surface area contributed by atoms with E-state index in [1.165, 1.54) is 11.3 Å². The van der Waals surface area contributed by atoms with E-state index in [1.807, 2.05) is 0 Å². The molecular formula is C14H16N4. The molecule has 1 aliphatic rings. The van der Waals surface area contributed by atoms with Gasteiger partial charge < -0.3 is 10.6 Å². The standard InChI is InChI=1S/C14H16N4/c1-10-6-11-4-2-3-5-13(11)18(10)9-12-7-17-14(15)8-16-12/h2-5,7-8,10H,6,9H2,1H3,(H2,15,17). The van der Waals surface area contributed by atoms with Gasteiger partial charge in [0.1, 0.15) is 5.82 Å². The summed E-state index contributed by atoms with van der Waals surface area (Å²) in [7, 11) is 0. The van der Waals surface area contributed by atoms with E-state index in [4.69, 9.17) is 5.73 Å². The number of fused-ring (bicyclic) bond motifs is 1. The third kappa shape index (κ3) is 1.90. The number of para-hydroxylation sites is 1. The van der Waals surface area contributed by atoms with Gasteiger partial charge in [-0.2, -0.15) is 0 Å². The van der Waals surface area contributed by atoms with Crippen LogP contribution in [0.1, 0.15) is 18.2 Å². The van der Waals surface area contributed by atoms with Gasteiger partial charge in [0.2, 0.25) is 0 Å². The largest absolute Gasteiger partial charge is 0.382 e. The highest BCUT2D eigenvalue weighted by atomic mass is 15.2. The molecule has 1 aliphatic heterocycles. The average Bonchev–Trinajstić information content (AvgIpc) is 2.69. The lowest BCUT2D eigenvalue weighted by molar-refractivity contribution is 0.663. The van der Waals surface area contributed by atoms with Crippen molar-refractivity contribution in [3.05, 3.63) is 47.9 Å². The van der Waals surface area contributed by atoms with Crippen LogP contribution in [-0.2, 0) is 13.0 Å². The number of nitrogen functional groups attached to an aromatic ring is 1. The minimum absolute atomic E-state index is 0.466. The number of anilines is 2. The molecule has 4 heteroatoms. The quantitative estimate of drug-likeness (QED) is 0.872. The van der Waals surface area contributed by atoms with Gasteiger partial charge in [0, 0.05) is 11.7 Å². The second kappa shape index (κ2) is 4.29. The Balaban J connectivity index is 1.87. The molecule has 4 nitrogen and oxygen atoms in total. The maximum absolute atomic E-state index is 5.55. The van der Waals surface area contributed by atoms with Crippen LogP contribution in [0.25, 0.3) is 0 Å². The summed E-state index contributed by atoms with van der Waals surface area (Å²) in [4.78, 5) is 10.8. The third-order valence-corrected chi connectivity index (χ3v) is 3.41. The Kier molecular flexibility index (Phi) is 2.63. The van der Waals surface area contributed by atoms with Crippen molar-refractivity contribution in [3.8, 4) is 0 Å². The summed E-state index contributed by atoms with van der Waals surface area (Å²) in [5.74, 6) is 0.466. The fraction of sp³-hybridized carbons (Fsp3) is 0.286. The molecule has 0 saturated carbocycles. The molecule has 3 rings (SSSR count). The molecule has 92 valence electrons. The summed E-state index contributed by atoms with van der Waals surface area (Å²) in [5.41, 5.74) is 9.22. The van der Waals surface area contributed by atoms with Crippen molar-refractivity contribution < 1.29 is 0 Å². The summed E-state index contributed by atoms with van der Waals surface area (Å²) in [6, 6.07) is 9.04. The van der Waals surface area contributed by atoms with E-state index >= 15 is 0 Å². The number of benzene rings is 1. The summed E-state index contributed by atoms with van der Waals surface area (Å²) >= 11 is 0. The van der Waals surface area contributed by atoms with Crippen LogP contribution in [-0.4, -0.2) is 16.0 Å². The van der Waals surface area contributed by atoms with Crippen LogP contribution in [0, 0.1) is 0 Å². The molecule has 0 bridgehead atoms. The Bertz CT molecular complexity index is 550. The SMILES string of the molecule is CC1Cc2ccccc2N1Cc1cnc(N)cn1. The van der Waals surface area contributed by atoms with Crippen molar-refractivity contribution in [1.29, 1.82) is 0 Å². The first kappa shape index (κ1) is 11.0. The van der Waals surface area contributed by atoms with Crippen molar-refractivity contribution in [2.75, 3.05) is 10.6 Å². The van der Waals surface area contributed by atoms with Crippen molar-refractivity contribution in [2.24, 2.45) is 0 Å². The van der Waals surface area contributed by atoms with E-state index in [0.29, 0.717) is 11.9 Å². The van der Waals surface area contributed by atoms with Crippen LogP contribution in [0.5, 0.6) is 0 Å². The average molecular weight is 240 g/mol. The predicted molar refractivity (Wildman–Crippen MR) is 72.2 cm³/mol. The highest BCUT2D eigenvalue weighted by molar-refractivity contribution is 5.59. The second-order valence-corrected chi connectivity index (χ2v) is 4.74. The summed E-state index contributed by atoms with van der Waals surface area (Å²) in [6.45, 7) is 3.02. The molecule has 2 aromatic rings. The van der Waals surface area contributed by atoms with Gasteiger partial charge in [-0.3, -0.25) is 4.98 Å². The molecule has 1 aromatic carbocycles. The Morgan fingerprint density at radius 2 is 2.11 bits per heavy atom. The van der Waals surface area contributed by atoms with Crippen LogP contribution in [0.4, 0.5) is 11.5 Å². The number of nitrogens with two attached hydrogens (primary N) is 1. The van der Waals surface area contributed by atoms with Gasteiger partial charge in [-0.25, -0.2) is 4.98 Å². The minimum atomic E-state index is 0.466. The first-order chi connectivity index (χ1) is 8.74. The van der Waals surface area contributed by atoms with Crippen LogP contribution in [0.2, 0.25) is 0 Å². The van der Waals surface area contributed by atoms with Gasteiger partial charge in [-0.05, 0) is 25.0 Å². The third-order valence-electron chi connectivity index (χ3n) is 3.41. The smallest absolute Gasteiger partial charge is 0.141 e. The van der Waals surface area contributed by atoms with E-state index in [-0.39, 0.29) is 0 Å². The first-order valence-corrected chi connectivity index (χ1v) is 6.15. The Morgan fingerprint density at radius 3 is 2.89 bits per heavy atom. The van der Waals surface area contributed by atoms with E-state index in [1.54, 1.807) is 12.4 Å². The molecule has 0 radical (unpaired) electrons. The zero-order valence-corrected chi connectivity index (χ0v) is 10.4. The Labute approximate surface area is 106 Å². The zero-order valence-electron chi connectivity index (χ0n) is 10.4. The first-order valence-electron chi connectivity index (χ1n) is 6.15. The van der Waals surface area contributed by atoms with Crippen LogP contribution in [0.15, 0.2) is 36.7 Å². The maximum Gasteiger partial charge on any atom is 0.141 e. The predicted octanol–water partition coefficient (Wildman–Crippen LogP) is 2.01. The number of aromatic nitrogens is 2. The molecule has 0 amide bonds. The van der Waals surface area contributed by atoms with E-state index in [0.717, 1.165) is 18.7 Å². The maximum atomic E-state index is 5.55. The number of rotatable bonds is 2. The van der Waals surface area contributed by atoms with Gasteiger partial charge in [0.25, 0.3) is 0 Å². The lowest BCUT2D eigenvalue weighted by Gasteiger charge is -2.24. The Morgan fingerprint density at radius 1 is 1.28 bits per heavy atom. The molecule has 1 unspecified atom stereocenters. The minimum Gasteiger partial charge on any atom is -0.382 e. The molecule has 0 spiro atoms. The second-order valence-electron chi connectivity index (χ2n) is 4.74. The topological polar surface area (TPSA) is 55.0 Å². The summed E-state index contributed by atoms with van der Waals surface area (Å²) in [5, 5.41) is 0. The fourth-order valence-electron chi connectivity index (χ4n) is 2.49. The van der Waals surface area contributed by atoms with Gasteiger partial charge in [0.05, 0.1) is 24.6 Å². The van der Waals surface area contributed by atoms with Crippen molar-refractivity contribution in [3.63, 3.8) is 0 Å². The van der Waals surface area contributed by atoms with E-state index < -0.39 is 0 Å². The lowest BCUT2D eigenvalue weighted by Crippen LogP contribution is -2.29. The number of hydrogen-bond donors (Lipinski definition) is 1. The normalized spacial score (nSPS) is 17.8. The molecular weight excluding hydrogens is 224 g/mol. The van der Waals surface area contributed by atoms with Gasteiger partial charge in [0.15, 0.2) is 0 Å². The van der Waals surface area contributed by atoms with Crippen LogP contribution < -0.4 is 10.6 Å². The van der Waals surface area contributed by atoms with Crippen LogP contribution >= 0.6 is 0 Å². The molecule has 2 N–H and O–H groups in total. The fourth-order valence-corrected chi connectivity index (χ4v) is 2.49. The summed E-state index contributed by atoms with van der Waals surface area (Å²) < 4.78 is 0.